The largest absolute Gasteiger partial charge is 0.383 e. The first-order chi connectivity index (χ1) is 12.7. The number of carbonyl (C=O) groups is 1. The maximum atomic E-state index is 13.0. The van der Waals surface area contributed by atoms with E-state index in [1.807, 2.05) is 43.3 Å². The molecule has 1 fully saturated rings. The Bertz CT molecular complexity index is 932. The number of nitrogens with zero attached hydrogens (tertiary/aromatic N) is 2. The second kappa shape index (κ2) is 6.88. The van der Waals surface area contributed by atoms with Crippen molar-refractivity contribution in [3.63, 3.8) is 0 Å². The zero-order chi connectivity index (χ0) is 18.1. The Balaban J connectivity index is 1.82. The lowest BCUT2D eigenvalue weighted by atomic mass is 10.0. The summed E-state index contributed by atoms with van der Waals surface area (Å²) in [7, 11) is 1.62. The highest BCUT2D eigenvalue weighted by atomic mass is 16.5. The zero-order valence-corrected chi connectivity index (χ0v) is 14.9. The van der Waals surface area contributed by atoms with Crippen molar-refractivity contribution in [2.75, 3.05) is 13.7 Å². The number of rotatable bonds is 6. The van der Waals surface area contributed by atoms with Gasteiger partial charge in [0.2, 0.25) is 0 Å². The molecule has 4 rings (SSSR count). The topological polar surface area (TPSA) is 77.2 Å². The maximum absolute atomic E-state index is 13.0. The summed E-state index contributed by atoms with van der Waals surface area (Å²) < 4.78 is 10.6. The number of aromatic nitrogens is 2. The molecule has 1 saturated carbocycles. The highest BCUT2D eigenvalue weighted by Gasteiger charge is 2.29. The fourth-order valence-electron chi connectivity index (χ4n) is 3.12. The van der Waals surface area contributed by atoms with Crippen molar-refractivity contribution in [1.29, 1.82) is 0 Å². The fourth-order valence-corrected chi connectivity index (χ4v) is 3.12. The van der Waals surface area contributed by atoms with Gasteiger partial charge in [0, 0.05) is 30.3 Å². The fraction of sp³-hybridized carbons (Fsp3) is 0.350. The summed E-state index contributed by atoms with van der Waals surface area (Å²) in [5, 5.41) is 7.84. The highest BCUT2D eigenvalue weighted by molar-refractivity contribution is 6.09. The molecule has 0 aliphatic heterocycles. The van der Waals surface area contributed by atoms with Crippen LogP contribution in [0.5, 0.6) is 0 Å². The Morgan fingerprint density at radius 2 is 2.12 bits per heavy atom. The molecule has 2 heterocycles. The molecule has 0 radical (unpaired) electrons. The van der Waals surface area contributed by atoms with Gasteiger partial charge in [0.25, 0.3) is 11.6 Å². The van der Waals surface area contributed by atoms with Crippen LogP contribution in [-0.2, 0) is 4.74 Å². The number of hydrogen-bond donors (Lipinski definition) is 1. The Kier molecular flexibility index (Phi) is 4.42. The van der Waals surface area contributed by atoms with E-state index in [0.717, 1.165) is 24.1 Å². The van der Waals surface area contributed by atoms with E-state index in [0.29, 0.717) is 34.9 Å². The predicted octanol–water partition coefficient (Wildman–Crippen LogP) is 3.53. The van der Waals surface area contributed by atoms with E-state index in [2.05, 4.69) is 15.5 Å². The van der Waals surface area contributed by atoms with Crippen molar-refractivity contribution in [3.8, 4) is 11.3 Å². The summed E-state index contributed by atoms with van der Waals surface area (Å²) in [5.74, 6) is 0.247. The lowest BCUT2D eigenvalue weighted by Crippen LogP contribution is -2.35. The number of hydrogen-bond acceptors (Lipinski definition) is 5. The molecule has 0 spiro atoms. The zero-order valence-electron chi connectivity index (χ0n) is 14.9. The lowest BCUT2D eigenvalue weighted by molar-refractivity contribution is 0.0907. The average Bonchev–Trinajstić information content (AvgIpc) is 3.41. The van der Waals surface area contributed by atoms with Crippen LogP contribution in [0.4, 0.5) is 0 Å². The van der Waals surface area contributed by atoms with Gasteiger partial charge in [-0.2, -0.15) is 0 Å². The van der Waals surface area contributed by atoms with E-state index in [1.54, 1.807) is 7.11 Å². The van der Waals surface area contributed by atoms with Crippen LogP contribution >= 0.6 is 0 Å². The lowest BCUT2D eigenvalue weighted by Gasteiger charge is -2.14. The minimum atomic E-state index is -0.163. The third-order valence-corrected chi connectivity index (χ3v) is 4.55. The van der Waals surface area contributed by atoms with Crippen LogP contribution in [0, 0.1) is 0 Å². The number of pyridine rings is 1. The second-order valence-electron chi connectivity index (χ2n) is 6.78. The molecule has 1 aromatic carbocycles. The van der Waals surface area contributed by atoms with Crippen molar-refractivity contribution in [3.05, 3.63) is 47.7 Å². The molecule has 1 aliphatic carbocycles. The van der Waals surface area contributed by atoms with Gasteiger partial charge in [-0.25, -0.2) is 4.98 Å². The Morgan fingerprint density at radius 1 is 1.35 bits per heavy atom. The Labute approximate surface area is 151 Å². The smallest absolute Gasteiger partial charge is 0.259 e. The molecule has 2 aromatic heterocycles. The summed E-state index contributed by atoms with van der Waals surface area (Å²) in [6.07, 6.45) is 2.19. The Morgan fingerprint density at radius 3 is 2.81 bits per heavy atom. The van der Waals surface area contributed by atoms with Gasteiger partial charge in [0.15, 0.2) is 0 Å². The molecule has 26 heavy (non-hydrogen) atoms. The molecular weight excluding hydrogens is 330 g/mol. The first-order valence-electron chi connectivity index (χ1n) is 8.83. The molecule has 0 bridgehead atoms. The van der Waals surface area contributed by atoms with Crippen molar-refractivity contribution in [2.24, 2.45) is 0 Å². The average molecular weight is 351 g/mol. The first-order valence-corrected chi connectivity index (χ1v) is 8.83. The van der Waals surface area contributed by atoms with Gasteiger partial charge < -0.3 is 14.6 Å². The molecule has 1 atom stereocenters. The first kappa shape index (κ1) is 16.7. The van der Waals surface area contributed by atoms with E-state index in [1.165, 1.54) is 0 Å². The number of fused-ring (bicyclic) bond motifs is 1. The van der Waals surface area contributed by atoms with Crippen LogP contribution < -0.4 is 5.32 Å². The number of amides is 1. The SMILES string of the molecule is COCC(C)NC(=O)c1cc(C2CC2)nc2onc(-c3ccccc3)c12. The number of benzene rings is 1. The number of ether oxygens (including phenoxy) is 1. The van der Waals surface area contributed by atoms with Gasteiger partial charge in [0.1, 0.15) is 5.69 Å². The normalized spacial score (nSPS) is 15.2. The van der Waals surface area contributed by atoms with E-state index in [9.17, 15) is 4.79 Å². The predicted molar refractivity (Wildman–Crippen MR) is 98.0 cm³/mol. The second-order valence-corrected chi connectivity index (χ2v) is 6.78. The van der Waals surface area contributed by atoms with E-state index < -0.39 is 0 Å². The van der Waals surface area contributed by atoms with Gasteiger partial charge in [-0.3, -0.25) is 4.79 Å². The molecule has 1 aliphatic rings. The van der Waals surface area contributed by atoms with Gasteiger partial charge in [-0.05, 0) is 25.8 Å². The minimum absolute atomic E-state index is 0.0971. The highest BCUT2D eigenvalue weighted by Crippen LogP contribution is 2.41. The molecular formula is C20H21N3O3. The summed E-state index contributed by atoms with van der Waals surface area (Å²) >= 11 is 0. The number of carbonyl (C=O) groups excluding carboxylic acids is 1. The molecule has 0 saturated heterocycles. The van der Waals surface area contributed by atoms with Crippen LogP contribution in [0.25, 0.3) is 22.4 Å². The molecule has 1 N–H and O–H groups in total. The van der Waals surface area contributed by atoms with Crippen LogP contribution in [0.15, 0.2) is 40.9 Å². The van der Waals surface area contributed by atoms with Crippen molar-refractivity contribution in [2.45, 2.75) is 31.7 Å². The van der Waals surface area contributed by atoms with Crippen molar-refractivity contribution >= 4 is 17.0 Å². The minimum Gasteiger partial charge on any atom is -0.383 e. The van der Waals surface area contributed by atoms with Gasteiger partial charge in [-0.15, -0.1) is 0 Å². The van der Waals surface area contributed by atoms with Crippen LogP contribution in [0.1, 0.15) is 41.7 Å². The van der Waals surface area contributed by atoms with Gasteiger partial charge in [0.05, 0.1) is 17.6 Å². The maximum Gasteiger partial charge on any atom is 0.259 e. The monoisotopic (exact) mass is 351 g/mol. The Hall–Kier alpha value is -2.73. The molecule has 1 unspecified atom stereocenters. The third kappa shape index (κ3) is 3.20. The standard InChI is InChI=1S/C20H21N3O3/c1-12(11-25-2)21-19(24)15-10-16(13-8-9-13)22-20-17(15)18(23-26-20)14-6-4-3-5-7-14/h3-7,10,12-13H,8-9,11H2,1-2H3,(H,21,24). The van der Waals surface area contributed by atoms with Crippen LogP contribution in [-0.4, -0.2) is 35.8 Å². The van der Waals surface area contributed by atoms with Crippen molar-refractivity contribution in [1.82, 2.24) is 15.5 Å². The molecule has 134 valence electrons. The number of methoxy groups -OCH3 is 1. The van der Waals surface area contributed by atoms with Gasteiger partial charge in [-0.1, -0.05) is 35.5 Å². The van der Waals surface area contributed by atoms with E-state index in [4.69, 9.17) is 9.26 Å². The van der Waals surface area contributed by atoms with Crippen LogP contribution in [0.2, 0.25) is 0 Å². The van der Waals surface area contributed by atoms with E-state index in [-0.39, 0.29) is 11.9 Å². The molecule has 1 amide bonds. The molecule has 6 heteroatoms. The summed E-state index contributed by atoms with van der Waals surface area (Å²) in [4.78, 5) is 17.6. The van der Waals surface area contributed by atoms with E-state index >= 15 is 0 Å². The van der Waals surface area contributed by atoms with Crippen molar-refractivity contribution < 1.29 is 14.1 Å². The summed E-state index contributed by atoms with van der Waals surface area (Å²) in [5.41, 5.74) is 3.40. The quantitative estimate of drug-likeness (QED) is 0.735. The van der Waals surface area contributed by atoms with Gasteiger partial charge >= 0.3 is 0 Å². The molecule has 3 aromatic rings. The summed E-state index contributed by atoms with van der Waals surface area (Å²) in [6.45, 7) is 2.36. The molecule has 6 nitrogen and oxygen atoms in total. The van der Waals surface area contributed by atoms with Crippen LogP contribution in [0.3, 0.4) is 0 Å². The third-order valence-electron chi connectivity index (χ3n) is 4.55. The number of nitrogens with one attached hydrogen (secondary N) is 1. The summed E-state index contributed by atoms with van der Waals surface area (Å²) in [6, 6.07) is 11.5.